The van der Waals surface area contributed by atoms with Crippen molar-refractivity contribution in [2.45, 2.75) is 13.5 Å². The van der Waals surface area contributed by atoms with E-state index in [1.54, 1.807) is 17.0 Å². The quantitative estimate of drug-likeness (QED) is 0.325. The number of aromatic nitrogens is 1. The summed E-state index contributed by atoms with van der Waals surface area (Å²) in [5.41, 5.74) is 3.52. The number of thiazole rings is 1. The lowest BCUT2D eigenvalue weighted by atomic mass is 10.1. The van der Waals surface area contributed by atoms with Crippen LogP contribution in [0.3, 0.4) is 0 Å². The van der Waals surface area contributed by atoms with E-state index in [-0.39, 0.29) is 5.91 Å². The van der Waals surface area contributed by atoms with Gasteiger partial charge in [-0.05, 0) is 48.4 Å². The van der Waals surface area contributed by atoms with Gasteiger partial charge in [0.15, 0.2) is 5.13 Å². The minimum atomic E-state index is -0.175. The van der Waals surface area contributed by atoms with Gasteiger partial charge in [-0.15, -0.1) is 0 Å². The van der Waals surface area contributed by atoms with Crippen LogP contribution in [0.2, 0.25) is 5.02 Å². The molecular formula is C22H16BrClN2OS. The van der Waals surface area contributed by atoms with E-state index in [4.69, 9.17) is 16.6 Å². The minimum Gasteiger partial charge on any atom is -0.279 e. The molecule has 0 radical (unpaired) electrons. The van der Waals surface area contributed by atoms with Crippen LogP contribution in [0.4, 0.5) is 5.13 Å². The van der Waals surface area contributed by atoms with Crippen molar-refractivity contribution < 1.29 is 4.79 Å². The number of aryl methyl sites for hydroxylation is 1. The van der Waals surface area contributed by atoms with E-state index in [0.717, 1.165) is 20.3 Å². The number of anilines is 1. The Hall–Kier alpha value is -2.21. The lowest BCUT2D eigenvalue weighted by molar-refractivity contribution is 0.0985. The van der Waals surface area contributed by atoms with Crippen molar-refractivity contribution >= 4 is 60.1 Å². The summed E-state index contributed by atoms with van der Waals surface area (Å²) in [6.07, 6.45) is 0. The fourth-order valence-corrected chi connectivity index (χ4v) is 4.56. The minimum absolute atomic E-state index is 0.175. The van der Waals surface area contributed by atoms with Gasteiger partial charge in [-0.2, -0.15) is 0 Å². The topological polar surface area (TPSA) is 33.2 Å². The number of nitrogens with zero attached hydrogens (tertiary/aromatic N) is 2. The smallest absolute Gasteiger partial charge is 0.261 e. The van der Waals surface area contributed by atoms with Crippen molar-refractivity contribution in [3.63, 3.8) is 0 Å². The number of benzene rings is 3. The maximum absolute atomic E-state index is 13.5. The summed E-state index contributed by atoms with van der Waals surface area (Å²) in [6, 6.07) is 21.3. The predicted molar refractivity (Wildman–Crippen MR) is 120 cm³/mol. The van der Waals surface area contributed by atoms with Crippen LogP contribution in [0.1, 0.15) is 21.5 Å². The molecule has 0 N–H and O–H groups in total. The zero-order chi connectivity index (χ0) is 19.7. The first-order valence-electron chi connectivity index (χ1n) is 8.69. The number of rotatable bonds is 4. The maximum Gasteiger partial charge on any atom is 0.261 e. The average molecular weight is 472 g/mol. The first kappa shape index (κ1) is 19.1. The molecule has 0 saturated carbocycles. The molecule has 0 aliphatic carbocycles. The molecule has 0 bridgehead atoms. The molecule has 0 spiro atoms. The van der Waals surface area contributed by atoms with E-state index in [0.29, 0.717) is 22.3 Å². The Kier molecular flexibility index (Phi) is 5.49. The summed E-state index contributed by atoms with van der Waals surface area (Å²) in [5.74, 6) is -0.175. The van der Waals surface area contributed by atoms with Gasteiger partial charge in [0.05, 0.1) is 27.3 Å². The van der Waals surface area contributed by atoms with Gasteiger partial charge in [-0.25, -0.2) is 4.98 Å². The van der Waals surface area contributed by atoms with E-state index in [1.165, 1.54) is 16.9 Å². The van der Waals surface area contributed by atoms with Crippen molar-refractivity contribution in [2.75, 3.05) is 4.90 Å². The number of hydrogen-bond acceptors (Lipinski definition) is 3. The van der Waals surface area contributed by atoms with Crippen LogP contribution >= 0.6 is 38.9 Å². The van der Waals surface area contributed by atoms with Gasteiger partial charge in [0.1, 0.15) is 0 Å². The predicted octanol–water partition coefficient (Wildman–Crippen LogP) is 6.87. The molecule has 3 nitrogen and oxygen atoms in total. The lowest BCUT2D eigenvalue weighted by Gasteiger charge is -2.21. The highest BCUT2D eigenvalue weighted by Crippen LogP contribution is 2.33. The van der Waals surface area contributed by atoms with Crippen molar-refractivity contribution in [1.29, 1.82) is 0 Å². The number of halogens is 2. The van der Waals surface area contributed by atoms with Gasteiger partial charge >= 0.3 is 0 Å². The fourth-order valence-electron chi connectivity index (χ4n) is 2.93. The Morgan fingerprint density at radius 3 is 2.68 bits per heavy atom. The van der Waals surface area contributed by atoms with Crippen LogP contribution in [0.15, 0.2) is 71.2 Å². The van der Waals surface area contributed by atoms with E-state index < -0.39 is 0 Å². The molecule has 140 valence electrons. The second kappa shape index (κ2) is 8.03. The summed E-state index contributed by atoms with van der Waals surface area (Å²) in [5, 5.41) is 1.08. The highest BCUT2D eigenvalue weighted by Gasteiger charge is 2.24. The SMILES string of the molecule is Cc1ccc2nc(N(Cc3ccccc3)C(=O)c3cc(Br)ccc3Cl)sc2c1. The third kappa shape index (κ3) is 3.97. The Morgan fingerprint density at radius 2 is 1.89 bits per heavy atom. The van der Waals surface area contributed by atoms with Crippen molar-refractivity contribution in [3.8, 4) is 0 Å². The number of carbonyl (C=O) groups excluding carboxylic acids is 1. The molecule has 0 aliphatic rings. The highest BCUT2D eigenvalue weighted by molar-refractivity contribution is 9.10. The van der Waals surface area contributed by atoms with Gasteiger partial charge in [0.25, 0.3) is 5.91 Å². The van der Waals surface area contributed by atoms with Crippen molar-refractivity contribution in [1.82, 2.24) is 4.98 Å². The van der Waals surface area contributed by atoms with Crippen LogP contribution in [-0.4, -0.2) is 10.9 Å². The first-order valence-corrected chi connectivity index (χ1v) is 10.7. The number of hydrogen-bond donors (Lipinski definition) is 0. The van der Waals surface area contributed by atoms with Crippen LogP contribution < -0.4 is 4.90 Å². The number of fused-ring (bicyclic) bond motifs is 1. The van der Waals surface area contributed by atoms with Crippen molar-refractivity contribution in [3.05, 3.63) is 92.9 Å². The van der Waals surface area contributed by atoms with Gasteiger partial charge in [0, 0.05) is 4.47 Å². The number of carbonyl (C=O) groups is 1. The third-order valence-electron chi connectivity index (χ3n) is 4.35. The molecular weight excluding hydrogens is 456 g/mol. The Balaban J connectivity index is 1.80. The molecule has 28 heavy (non-hydrogen) atoms. The van der Waals surface area contributed by atoms with Gasteiger partial charge in [0.2, 0.25) is 0 Å². The molecule has 0 atom stereocenters. The molecule has 0 aliphatic heterocycles. The molecule has 1 amide bonds. The molecule has 0 unspecified atom stereocenters. The van der Waals surface area contributed by atoms with Crippen LogP contribution in [0, 0.1) is 6.92 Å². The molecule has 0 saturated heterocycles. The second-order valence-electron chi connectivity index (χ2n) is 6.47. The average Bonchev–Trinajstić information content (AvgIpc) is 3.11. The lowest BCUT2D eigenvalue weighted by Crippen LogP contribution is -2.30. The third-order valence-corrected chi connectivity index (χ3v) is 6.22. The monoisotopic (exact) mass is 470 g/mol. The van der Waals surface area contributed by atoms with Crippen molar-refractivity contribution in [2.24, 2.45) is 0 Å². The van der Waals surface area contributed by atoms with Gasteiger partial charge in [-0.1, -0.05) is 75.3 Å². The molecule has 0 fully saturated rings. The zero-order valence-electron chi connectivity index (χ0n) is 15.0. The fraction of sp³-hybridized carbons (Fsp3) is 0.0909. The standard InChI is InChI=1S/C22H16BrClN2OS/c1-14-7-10-19-20(11-14)28-22(25-19)26(13-15-5-3-2-4-6-15)21(27)17-12-16(23)8-9-18(17)24/h2-12H,13H2,1H3. The van der Waals surface area contributed by atoms with E-state index in [1.807, 2.05) is 55.5 Å². The van der Waals surface area contributed by atoms with Gasteiger partial charge in [-0.3, -0.25) is 9.69 Å². The normalized spacial score (nSPS) is 11.0. The van der Waals surface area contributed by atoms with Crippen LogP contribution in [0.5, 0.6) is 0 Å². The Labute approximate surface area is 180 Å². The molecule has 4 aromatic rings. The Morgan fingerprint density at radius 1 is 1.11 bits per heavy atom. The summed E-state index contributed by atoms with van der Waals surface area (Å²) in [7, 11) is 0. The van der Waals surface area contributed by atoms with E-state index in [2.05, 4.69) is 22.0 Å². The Bertz CT molecular complexity index is 1160. The molecule has 4 rings (SSSR count). The first-order chi connectivity index (χ1) is 13.5. The second-order valence-corrected chi connectivity index (χ2v) is 8.80. The van der Waals surface area contributed by atoms with Crippen LogP contribution in [-0.2, 0) is 6.54 Å². The molecule has 6 heteroatoms. The van der Waals surface area contributed by atoms with E-state index >= 15 is 0 Å². The number of amides is 1. The summed E-state index contributed by atoms with van der Waals surface area (Å²) >= 11 is 11.3. The van der Waals surface area contributed by atoms with E-state index in [9.17, 15) is 4.79 Å². The summed E-state index contributed by atoms with van der Waals surface area (Å²) < 4.78 is 1.86. The maximum atomic E-state index is 13.5. The summed E-state index contributed by atoms with van der Waals surface area (Å²) in [4.78, 5) is 19.9. The summed E-state index contributed by atoms with van der Waals surface area (Å²) in [6.45, 7) is 2.47. The zero-order valence-corrected chi connectivity index (χ0v) is 18.2. The molecule has 3 aromatic carbocycles. The van der Waals surface area contributed by atoms with Gasteiger partial charge < -0.3 is 0 Å². The highest BCUT2D eigenvalue weighted by atomic mass is 79.9. The largest absolute Gasteiger partial charge is 0.279 e. The van der Waals surface area contributed by atoms with Crippen LogP contribution in [0.25, 0.3) is 10.2 Å². The molecule has 1 heterocycles. The molecule has 1 aromatic heterocycles.